The van der Waals surface area contributed by atoms with Crippen LogP contribution in [-0.4, -0.2) is 48.1 Å². The van der Waals surface area contributed by atoms with Gasteiger partial charge in [0.1, 0.15) is 0 Å². The Hall–Kier alpha value is -1.88. The molecule has 4 fully saturated rings. The lowest BCUT2D eigenvalue weighted by Crippen LogP contribution is -2.61. The van der Waals surface area contributed by atoms with E-state index in [4.69, 9.17) is 4.74 Å². The number of amides is 2. The molecule has 5 rings (SSSR count). The molecule has 1 unspecified atom stereocenters. The van der Waals surface area contributed by atoms with Gasteiger partial charge in [-0.25, -0.2) is 0 Å². The lowest BCUT2D eigenvalue weighted by molar-refractivity contribution is -0.139. The Balaban J connectivity index is 1.44. The second-order valence-corrected chi connectivity index (χ2v) is 9.82. The van der Waals surface area contributed by atoms with Crippen molar-refractivity contribution in [3.63, 3.8) is 0 Å². The van der Waals surface area contributed by atoms with Crippen LogP contribution in [0.25, 0.3) is 0 Å². The van der Waals surface area contributed by atoms with E-state index < -0.39 is 0 Å². The van der Waals surface area contributed by atoms with Crippen LogP contribution >= 0.6 is 0 Å². The van der Waals surface area contributed by atoms with Gasteiger partial charge in [-0.1, -0.05) is 30.3 Å². The molecular formula is C25H34N2O3. The number of carbonyl (C=O) groups is 2. The van der Waals surface area contributed by atoms with Crippen LogP contribution in [0.5, 0.6) is 0 Å². The quantitative estimate of drug-likeness (QED) is 0.828. The van der Waals surface area contributed by atoms with Gasteiger partial charge >= 0.3 is 0 Å². The second kappa shape index (κ2) is 8.33. The van der Waals surface area contributed by atoms with Crippen molar-refractivity contribution in [2.75, 3.05) is 19.8 Å². The van der Waals surface area contributed by atoms with Crippen LogP contribution in [-0.2, 0) is 20.7 Å². The number of hydrogen-bond acceptors (Lipinski definition) is 3. The molecule has 0 aromatic heterocycles. The fraction of sp³-hybridized carbons (Fsp3) is 0.680. The van der Waals surface area contributed by atoms with Gasteiger partial charge in [0.2, 0.25) is 11.8 Å². The average Bonchev–Trinajstić information content (AvgIpc) is 3.41. The third-order valence-corrected chi connectivity index (χ3v) is 8.29. The fourth-order valence-electron chi connectivity index (χ4n) is 6.89. The monoisotopic (exact) mass is 410 g/mol. The van der Waals surface area contributed by atoms with E-state index in [0.717, 1.165) is 57.9 Å². The van der Waals surface area contributed by atoms with Crippen molar-refractivity contribution in [3.8, 4) is 0 Å². The van der Waals surface area contributed by atoms with Gasteiger partial charge in [0.15, 0.2) is 0 Å². The summed E-state index contributed by atoms with van der Waals surface area (Å²) in [5.74, 6) is 1.36. The van der Waals surface area contributed by atoms with Crippen LogP contribution < -0.4 is 5.32 Å². The summed E-state index contributed by atoms with van der Waals surface area (Å²) in [5.41, 5.74) is 1.35. The van der Waals surface area contributed by atoms with Crippen molar-refractivity contribution >= 4 is 11.8 Å². The first-order valence-electron chi connectivity index (χ1n) is 11.9. The molecule has 1 aliphatic carbocycles. The molecule has 5 atom stereocenters. The Morgan fingerprint density at radius 3 is 2.80 bits per heavy atom. The molecule has 1 aromatic carbocycles. The van der Waals surface area contributed by atoms with E-state index in [0.29, 0.717) is 37.4 Å². The van der Waals surface area contributed by atoms with Crippen LogP contribution in [0.1, 0.15) is 56.9 Å². The highest BCUT2D eigenvalue weighted by Gasteiger charge is 2.56. The summed E-state index contributed by atoms with van der Waals surface area (Å²) in [4.78, 5) is 28.1. The maximum atomic E-state index is 13.0. The molecule has 5 heteroatoms. The molecule has 4 aliphatic rings. The molecule has 1 saturated carbocycles. The van der Waals surface area contributed by atoms with Crippen LogP contribution in [0.4, 0.5) is 0 Å². The van der Waals surface area contributed by atoms with E-state index in [1.54, 1.807) is 0 Å². The van der Waals surface area contributed by atoms with Crippen molar-refractivity contribution in [3.05, 3.63) is 35.9 Å². The Labute approximate surface area is 179 Å². The molecule has 1 N–H and O–H groups in total. The first kappa shape index (κ1) is 20.0. The van der Waals surface area contributed by atoms with E-state index in [1.165, 1.54) is 5.56 Å². The number of ether oxygens (including phenoxy) is 1. The Morgan fingerprint density at radius 1 is 1.13 bits per heavy atom. The largest absolute Gasteiger partial charge is 0.381 e. The van der Waals surface area contributed by atoms with Crippen molar-refractivity contribution in [1.82, 2.24) is 10.2 Å². The van der Waals surface area contributed by atoms with Gasteiger partial charge in [-0.15, -0.1) is 0 Å². The second-order valence-electron chi connectivity index (χ2n) is 9.82. The summed E-state index contributed by atoms with van der Waals surface area (Å²) < 4.78 is 5.45. The number of nitrogens with zero attached hydrogens (tertiary/aromatic N) is 1. The Bertz CT molecular complexity index is 776. The predicted octanol–water partition coefficient (Wildman–Crippen LogP) is 3.32. The lowest BCUT2D eigenvalue weighted by atomic mass is 9.61. The van der Waals surface area contributed by atoms with Gasteiger partial charge in [-0.05, 0) is 68.8 Å². The third-order valence-electron chi connectivity index (χ3n) is 8.29. The molecule has 1 spiro atoms. The van der Waals surface area contributed by atoms with Crippen LogP contribution in [0.2, 0.25) is 0 Å². The summed E-state index contributed by atoms with van der Waals surface area (Å²) in [5, 5.41) is 3.45. The minimum absolute atomic E-state index is 0.00282. The molecule has 2 amide bonds. The molecular weight excluding hydrogens is 376 g/mol. The number of benzene rings is 1. The topological polar surface area (TPSA) is 58.6 Å². The summed E-state index contributed by atoms with van der Waals surface area (Å²) in [6.07, 6.45) is 8.81. The van der Waals surface area contributed by atoms with Crippen LogP contribution in [0.15, 0.2) is 30.3 Å². The molecule has 3 aliphatic heterocycles. The molecule has 3 heterocycles. The average molecular weight is 411 g/mol. The van der Waals surface area contributed by atoms with Crippen LogP contribution in [0.3, 0.4) is 0 Å². The highest BCUT2D eigenvalue weighted by atomic mass is 16.5. The zero-order valence-corrected chi connectivity index (χ0v) is 17.9. The zero-order chi connectivity index (χ0) is 20.6. The first-order chi connectivity index (χ1) is 14.7. The SMILES string of the molecule is O=C(N[C@H]1CC[C@@]23CCCN2C(=O)CCC[C@H]3[C@H]1Cc1ccccc1)C1CCOC1. The Morgan fingerprint density at radius 2 is 2.00 bits per heavy atom. The van der Waals surface area contributed by atoms with Crippen molar-refractivity contribution in [1.29, 1.82) is 0 Å². The third kappa shape index (κ3) is 3.55. The summed E-state index contributed by atoms with van der Waals surface area (Å²) in [6, 6.07) is 10.9. The summed E-state index contributed by atoms with van der Waals surface area (Å²) in [6.45, 7) is 2.17. The first-order valence-corrected chi connectivity index (χ1v) is 11.9. The molecule has 0 bridgehead atoms. The number of hydrogen-bond donors (Lipinski definition) is 1. The van der Waals surface area contributed by atoms with Crippen molar-refractivity contribution < 1.29 is 14.3 Å². The van der Waals surface area contributed by atoms with Gasteiger partial charge in [-0.2, -0.15) is 0 Å². The lowest BCUT2D eigenvalue weighted by Gasteiger charge is -2.53. The molecule has 30 heavy (non-hydrogen) atoms. The van der Waals surface area contributed by atoms with Gasteiger partial charge in [0.25, 0.3) is 0 Å². The van der Waals surface area contributed by atoms with E-state index in [1.807, 2.05) is 0 Å². The maximum absolute atomic E-state index is 13.0. The molecule has 3 saturated heterocycles. The minimum atomic E-state index is -0.00282. The fourth-order valence-corrected chi connectivity index (χ4v) is 6.89. The molecule has 1 aromatic rings. The number of nitrogens with one attached hydrogen (secondary N) is 1. The summed E-state index contributed by atoms with van der Waals surface area (Å²) in [7, 11) is 0. The van der Waals surface area contributed by atoms with Crippen molar-refractivity contribution in [2.24, 2.45) is 17.8 Å². The van der Waals surface area contributed by atoms with Gasteiger partial charge in [0, 0.05) is 31.2 Å². The standard InChI is InChI=1S/C25H34N2O3/c28-23-9-4-8-21-20(16-18-6-2-1-3-7-18)22(26-24(29)19-11-15-30-17-19)10-13-25(21)12-5-14-27(23)25/h1-3,6-7,19-22H,4-5,8-17H2,(H,26,29)/t19?,20-,21+,22+,25-/m1/s1. The molecule has 5 nitrogen and oxygen atoms in total. The molecule has 0 radical (unpaired) electrons. The van der Waals surface area contributed by atoms with Gasteiger partial charge in [0.05, 0.1) is 12.5 Å². The van der Waals surface area contributed by atoms with E-state index in [2.05, 4.69) is 40.5 Å². The maximum Gasteiger partial charge on any atom is 0.225 e. The smallest absolute Gasteiger partial charge is 0.225 e. The number of carbonyl (C=O) groups excluding carboxylic acids is 2. The predicted molar refractivity (Wildman–Crippen MR) is 115 cm³/mol. The van der Waals surface area contributed by atoms with Gasteiger partial charge in [-0.3, -0.25) is 9.59 Å². The zero-order valence-electron chi connectivity index (χ0n) is 17.9. The normalized spacial score (nSPS) is 36.1. The van der Waals surface area contributed by atoms with Crippen LogP contribution in [0, 0.1) is 17.8 Å². The van der Waals surface area contributed by atoms with Gasteiger partial charge < -0.3 is 15.0 Å². The van der Waals surface area contributed by atoms with E-state index in [9.17, 15) is 9.59 Å². The minimum Gasteiger partial charge on any atom is -0.381 e. The highest BCUT2D eigenvalue weighted by molar-refractivity contribution is 5.79. The van der Waals surface area contributed by atoms with Crippen molar-refractivity contribution in [2.45, 2.75) is 69.4 Å². The highest BCUT2D eigenvalue weighted by Crippen LogP contribution is 2.52. The Kier molecular flexibility index (Phi) is 5.57. The van der Waals surface area contributed by atoms with E-state index in [-0.39, 0.29) is 23.4 Å². The van der Waals surface area contributed by atoms with E-state index >= 15 is 0 Å². The number of rotatable bonds is 4. The molecule has 162 valence electrons. The summed E-state index contributed by atoms with van der Waals surface area (Å²) >= 11 is 0.